The van der Waals surface area contributed by atoms with E-state index in [-0.39, 0.29) is 28.8 Å². The first-order valence-corrected chi connectivity index (χ1v) is 5.70. The Morgan fingerprint density at radius 1 is 0.882 bits per heavy atom. The number of carbonyl (C=O) groups is 2. The van der Waals surface area contributed by atoms with Gasteiger partial charge in [0.15, 0.2) is 0 Å². The molecule has 0 N–H and O–H groups in total. The molecule has 0 rings (SSSR count). The van der Waals surface area contributed by atoms with Gasteiger partial charge in [-0.2, -0.15) is 0 Å². The van der Waals surface area contributed by atoms with Crippen molar-refractivity contribution in [3.8, 4) is 0 Å². The first kappa shape index (κ1) is 18.8. The van der Waals surface area contributed by atoms with Crippen molar-refractivity contribution in [3.05, 3.63) is 12.2 Å². The van der Waals surface area contributed by atoms with Crippen LogP contribution in [0.15, 0.2) is 12.2 Å². The van der Waals surface area contributed by atoms with Gasteiger partial charge in [0.1, 0.15) is 0 Å². The first-order valence-electron chi connectivity index (χ1n) is 5.70. The maximum atomic E-state index is 10.1. The van der Waals surface area contributed by atoms with Crippen LogP contribution >= 0.6 is 0 Å². The predicted octanol–water partition coefficient (Wildman–Crippen LogP) is 0.161. The topological polar surface area (TPSA) is 80.3 Å². The molecule has 0 aromatic rings. The van der Waals surface area contributed by atoms with Gasteiger partial charge < -0.3 is 19.8 Å². The van der Waals surface area contributed by atoms with Gasteiger partial charge in [-0.25, -0.2) is 0 Å². The molecule has 0 saturated carbocycles. The van der Waals surface area contributed by atoms with Crippen LogP contribution in [-0.2, 0) is 32.0 Å². The van der Waals surface area contributed by atoms with Crippen LogP contribution in [0.3, 0.4) is 0 Å². The number of unbranched alkanes of at least 4 members (excludes halogenated alkanes) is 6. The molecule has 0 atom stereocenters. The standard InChI is InChI=1S/C12H20O4.Ag/c13-11(14)9-7-5-3-1-2-4-6-8-10-12(15)16;/h7,9H,1-6,8,10H2,(H,13,14)(H,15,16);/p-2/b9-7+;. The van der Waals surface area contributed by atoms with E-state index in [1.807, 2.05) is 0 Å². The maximum Gasteiger partial charge on any atom is 0.0639 e. The summed E-state index contributed by atoms with van der Waals surface area (Å²) in [6.45, 7) is 0. The number of carboxylic acid groups (broad SMARTS) is 2. The third kappa shape index (κ3) is 18.0. The van der Waals surface area contributed by atoms with Crippen LogP contribution in [0.2, 0.25) is 0 Å². The predicted molar refractivity (Wildman–Crippen MR) is 56.1 cm³/mol. The SMILES string of the molecule is O=C([O-])/C=C/CCCCCCCCC(=O)[O-].[Ag]. The van der Waals surface area contributed by atoms with Crippen molar-refractivity contribution >= 4 is 11.9 Å². The molecule has 4 nitrogen and oxygen atoms in total. The summed E-state index contributed by atoms with van der Waals surface area (Å²) in [6, 6.07) is 0. The van der Waals surface area contributed by atoms with Gasteiger partial charge in [0.2, 0.25) is 0 Å². The van der Waals surface area contributed by atoms with E-state index in [0.717, 1.165) is 44.6 Å². The minimum absolute atomic E-state index is 0. The molecule has 0 heterocycles. The van der Waals surface area contributed by atoms with Gasteiger partial charge in [0, 0.05) is 28.3 Å². The van der Waals surface area contributed by atoms with Crippen LogP contribution in [0.1, 0.15) is 51.4 Å². The molecular weight excluding hydrogens is 316 g/mol. The van der Waals surface area contributed by atoms with E-state index in [9.17, 15) is 19.8 Å². The molecule has 5 heteroatoms. The van der Waals surface area contributed by atoms with Gasteiger partial charge >= 0.3 is 0 Å². The Morgan fingerprint density at radius 3 is 1.94 bits per heavy atom. The summed E-state index contributed by atoms with van der Waals surface area (Å²) in [7, 11) is 0. The average Bonchev–Trinajstić information content (AvgIpc) is 2.20. The Labute approximate surface area is 118 Å². The summed E-state index contributed by atoms with van der Waals surface area (Å²) >= 11 is 0. The van der Waals surface area contributed by atoms with Crippen molar-refractivity contribution in [2.24, 2.45) is 0 Å². The van der Waals surface area contributed by atoms with Crippen molar-refractivity contribution in [2.45, 2.75) is 51.4 Å². The third-order valence-corrected chi connectivity index (χ3v) is 2.26. The van der Waals surface area contributed by atoms with Gasteiger partial charge in [0.05, 0.1) is 5.97 Å². The van der Waals surface area contributed by atoms with E-state index in [0.29, 0.717) is 6.42 Å². The first-order chi connectivity index (χ1) is 7.63. The Bertz CT molecular complexity index is 239. The molecule has 103 valence electrons. The monoisotopic (exact) mass is 333 g/mol. The van der Waals surface area contributed by atoms with Crippen LogP contribution in [0.4, 0.5) is 0 Å². The summed E-state index contributed by atoms with van der Waals surface area (Å²) in [4.78, 5) is 20.1. The molecule has 0 spiro atoms. The number of carboxylic acids is 2. The second-order valence-corrected chi connectivity index (χ2v) is 3.75. The molecule has 0 aliphatic rings. The van der Waals surface area contributed by atoms with Crippen molar-refractivity contribution in [2.75, 3.05) is 0 Å². The molecule has 0 amide bonds. The van der Waals surface area contributed by atoms with E-state index in [4.69, 9.17) is 0 Å². The molecule has 0 aliphatic heterocycles. The summed E-state index contributed by atoms with van der Waals surface area (Å²) < 4.78 is 0. The van der Waals surface area contributed by atoms with Gasteiger partial charge in [-0.1, -0.05) is 31.8 Å². The number of rotatable bonds is 10. The number of allylic oxidation sites excluding steroid dienone is 1. The van der Waals surface area contributed by atoms with E-state index in [1.165, 1.54) is 0 Å². The van der Waals surface area contributed by atoms with Crippen LogP contribution in [0.25, 0.3) is 0 Å². The van der Waals surface area contributed by atoms with Crippen LogP contribution < -0.4 is 10.2 Å². The van der Waals surface area contributed by atoms with E-state index in [1.54, 1.807) is 6.08 Å². The van der Waals surface area contributed by atoms with Crippen LogP contribution in [-0.4, -0.2) is 11.9 Å². The number of hydrogen-bond acceptors (Lipinski definition) is 4. The fourth-order valence-corrected chi connectivity index (χ4v) is 1.42. The number of aliphatic carboxylic acids is 2. The molecule has 0 fully saturated rings. The third-order valence-electron chi connectivity index (χ3n) is 2.26. The number of carbonyl (C=O) groups excluding carboxylic acids is 2. The smallest absolute Gasteiger partial charge is 0.0639 e. The van der Waals surface area contributed by atoms with Crippen molar-refractivity contribution < 1.29 is 42.2 Å². The van der Waals surface area contributed by atoms with Crippen LogP contribution in [0, 0.1) is 0 Å². The zero-order valence-electron chi connectivity index (χ0n) is 9.75. The van der Waals surface area contributed by atoms with Gasteiger partial charge in [0.25, 0.3) is 0 Å². The second-order valence-electron chi connectivity index (χ2n) is 3.75. The Balaban J connectivity index is 0. The minimum atomic E-state index is -1.15. The molecule has 0 bridgehead atoms. The van der Waals surface area contributed by atoms with Gasteiger partial charge in [-0.15, -0.1) is 0 Å². The summed E-state index contributed by atoms with van der Waals surface area (Å²) in [6.07, 6.45) is 9.26. The molecule has 0 saturated heterocycles. The zero-order valence-corrected chi connectivity index (χ0v) is 11.2. The zero-order chi connectivity index (χ0) is 12.2. The molecule has 1 radical (unpaired) electrons. The second kappa shape index (κ2) is 13.5. The largest absolute Gasteiger partial charge is 0.550 e. The van der Waals surface area contributed by atoms with Crippen molar-refractivity contribution in [1.82, 2.24) is 0 Å². The molecule has 0 unspecified atom stereocenters. The maximum absolute atomic E-state index is 10.1. The summed E-state index contributed by atoms with van der Waals surface area (Å²) in [5, 5.41) is 20.1. The molecule has 0 aromatic heterocycles. The van der Waals surface area contributed by atoms with E-state index in [2.05, 4.69) is 0 Å². The van der Waals surface area contributed by atoms with Crippen molar-refractivity contribution in [1.29, 1.82) is 0 Å². The van der Waals surface area contributed by atoms with Gasteiger partial charge in [-0.3, -0.25) is 0 Å². The summed E-state index contributed by atoms with van der Waals surface area (Å²) in [5.74, 6) is -2.13. The van der Waals surface area contributed by atoms with E-state index >= 15 is 0 Å². The molecule has 17 heavy (non-hydrogen) atoms. The average molecular weight is 334 g/mol. The Kier molecular flexibility index (Phi) is 14.9. The molecule has 0 aliphatic carbocycles. The van der Waals surface area contributed by atoms with Gasteiger partial charge in [-0.05, 0) is 31.8 Å². The molecule has 0 aromatic carbocycles. The quantitative estimate of drug-likeness (QED) is 0.324. The van der Waals surface area contributed by atoms with Crippen LogP contribution in [0.5, 0.6) is 0 Å². The Hall–Kier alpha value is -0.580. The number of hydrogen-bond donors (Lipinski definition) is 0. The normalized spacial score (nSPS) is 10.1. The van der Waals surface area contributed by atoms with E-state index < -0.39 is 11.9 Å². The molecular formula is C12H18AgO4-2. The summed E-state index contributed by atoms with van der Waals surface area (Å²) in [5.41, 5.74) is 0. The fraction of sp³-hybridized carbons (Fsp3) is 0.667. The minimum Gasteiger partial charge on any atom is -0.550 e. The fourth-order valence-electron chi connectivity index (χ4n) is 1.42. The Morgan fingerprint density at radius 2 is 1.41 bits per heavy atom. The van der Waals surface area contributed by atoms with Crippen molar-refractivity contribution in [3.63, 3.8) is 0 Å².